The maximum Gasteiger partial charge on any atom is 0.273 e. The van der Waals surface area contributed by atoms with Gasteiger partial charge in [-0.3, -0.25) is 19.7 Å². The van der Waals surface area contributed by atoms with Crippen LogP contribution in [0.15, 0.2) is 42.5 Å². The van der Waals surface area contributed by atoms with Crippen LogP contribution in [-0.2, 0) is 22.6 Å². The van der Waals surface area contributed by atoms with E-state index in [2.05, 4.69) is 5.32 Å². The molecule has 2 amide bonds. The summed E-state index contributed by atoms with van der Waals surface area (Å²) in [5.74, 6) is -0.718. The molecule has 0 saturated carbocycles. The van der Waals surface area contributed by atoms with Gasteiger partial charge in [0, 0.05) is 25.2 Å². The van der Waals surface area contributed by atoms with E-state index >= 15 is 0 Å². The number of hydrogen-bond acceptors (Lipinski definition) is 4. The lowest BCUT2D eigenvalue weighted by atomic mass is 10.1. The smallest absolute Gasteiger partial charge is 0.273 e. The van der Waals surface area contributed by atoms with Crippen molar-refractivity contribution in [3.8, 4) is 0 Å². The Morgan fingerprint density at radius 3 is 2.45 bits per heavy atom. The van der Waals surface area contributed by atoms with Gasteiger partial charge in [-0.25, -0.2) is 0 Å². The Kier molecular flexibility index (Phi) is 7.99. The van der Waals surface area contributed by atoms with Crippen molar-refractivity contribution in [1.29, 1.82) is 0 Å². The predicted molar refractivity (Wildman–Crippen MR) is 112 cm³/mol. The molecule has 0 fully saturated rings. The summed E-state index contributed by atoms with van der Waals surface area (Å²) < 4.78 is 0. The number of rotatable bonds is 8. The van der Waals surface area contributed by atoms with Gasteiger partial charge in [-0.1, -0.05) is 54.4 Å². The summed E-state index contributed by atoms with van der Waals surface area (Å²) >= 11 is 12.0. The number of carbonyl (C=O) groups excluding carboxylic acids is 2. The third-order valence-electron chi connectivity index (χ3n) is 4.50. The van der Waals surface area contributed by atoms with Gasteiger partial charge in [-0.15, -0.1) is 0 Å². The third-order valence-corrected chi connectivity index (χ3v) is 5.24. The van der Waals surface area contributed by atoms with Crippen LogP contribution in [-0.4, -0.2) is 34.7 Å². The van der Waals surface area contributed by atoms with Crippen LogP contribution >= 0.6 is 23.2 Å². The van der Waals surface area contributed by atoms with Crippen molar-refractivity contribution in [2.24, 2.45) is 0 Å². The quantitative estimate of drug-likeness (QED) is 0.498. The number of likely N-dealkylation sites (N-methyl/N-ethyl adjacent to an activating group) is 1. The molecule has 2 aromatic rings. The van der Waals surface area contributed by atoms with E-state index in [0.717, 1.165) is 0 Å². The molecule has 29 heavy (non-hydrogen) atoms. The normalized spacial score (nSPS) is 11.6. The van der Waals surface area contributed by atoms with Gasteiger partial charge in [-0.05, 0) is 24.1 Å². The number of halogens is 2. The highest BCUT2D eigenvalue weighted by Crippen LogP contribution is 2.25. The molecular weight excluding hydrogens is 417 g/mol. The largest absolute Gasteiger partial charge is 0.357 e. The van der Waals surface area contributed by atoms with E-state index in [4.69, 9.17) is 23.2 Å². The molecule has 0 aliphatic rings. The molecule has 2 aromatic carbocycles. The monoisotopic (exact) mass is 437 g/mol. The molecule has 154 valence electrons. The maximum absolute atomic E-state index is 13.1. The molecule has 0 spiro atoms. The first kappa shape index (κ1) is 22.6. The van der Waals surface area contributed by atoms with Gasteiger partial charge in [0.2, 0.25) is 11.8 Å². The SMILES string of the molecule is CC[C@@H](C(=O)NC)N(Cc1ccc(Cl)c(Cl)c1)C(=O)Cc1ccccc1[N+](=O)[O-]. The number of para-hydroxylation sites is 1. The minimum Gasteiger partial charge on any atom is -0.357 e. The van der Waals surface area contributed by atoms with Crippen molar-refractivity contribution in [3.63, 3.8) is 0 Å². The first-order valence-electron chi connectivity index (χ1n) is 8.95. The average Bonchev–Trinajstić information content (AvgIpc) is 2.70. The van der Waals surface area contributed by atoms with Crippen LogP contribution in [0.5, 0.6) is 0 Å². The predicted octanol–water partition coefficient (Wildman–Crippen LogP) is 4.00. The molecule has 1 atom stereocenters. The zero-order valence-corrected chi connectivity index (χ0v) is 17.5. The highest BCUT2D eigenvalue weighted by molar-refractivity contribution is 6.42. The third kappa shape index (κ3) is 5.68. The Balaban J connectivity index is 2.38. The minimum atomic E-state index is -0.732. The van der Waals surface area contributed by atoms with E-state index in [1.807, 2.05) is 0 Å². The van der Waals surface area contributed by atoms with E-state index in [1.165, 1.54) is 24.1 Å². The molecule has 0 aliphatic heterocycles. The van der Waals surface area contributed by atoms with Gasteiger partial charge in [0.1, 0.15) is 6.04 Å². The van der Waals surface area contributed by atoms with Crippen LogP contribution in [0.4, 0.5) is 5.69 Å². The van der Waals surface area contributed by atoms with Crippen LogP contribution in [0.1, 0.15) is 24.5 Å². The lowest BCUT2D eigenvalue weighted by Gasteiger charge is -2.30. The molecule has 9 heteroatoms. The van der Waals surface area contributed by atoms with E-state index in [0.29, 0.717) is 22.0 Å². The van der Waals surface area contributed by atoms with Crippen molar-refractivity contribution < 1.29 is 14.5 Å². The van der Waals surface area contributed by atoms with Crippen LogP contribution in [0, 0.1) is 10.1 Å². The summed E-state index contributed by atoms with van der Waals surface area (Å²) in [6, 6.07) is 10.3. The van der Waals surface area contributed by atoms with Gasteiger partial charge in [-0.2, -0.15) is 0 Å². The van der Waals surface area contributed by atoms with Crippen LogP contribution < -0.4 is 5.32 Å². The fraction of sp³-hybridized carbons (Fsp3) is 0.300. The molecule has 0 saturated heterocycles. The summed E-state index contributed by atoms with van der Waals surface area (Å²) in [7, 11) is 1.49. The van der Waals surface area contributed by atoms with Gasteiger partial charge in [0.05, 0.1) is 21.4 Å². The van der Waals surface area contributed by atoms with Crippen molar-refractivity contribution in [3.05, 3.63) is 73.8 Å². The molecule has 0 radical (unpaired) electrons. The Hall–Kier alpha value is -2.64. The second-order valence-electron chi connectivity index (χ2n) is 6.37. The first-order chi connectivity index (χ1) is 13.8. The molecule has 2 rings (SSSR count). The zero-order chi connectivity index (χ0) is 21.6. The number of carbonyl (C=O) groups is 2. The van der Waals surface area contributed by atoms with Gasteiger partial charge in [0.15, 0.2) is 0 Å². The fourth-order valence-corrected chi connectivity index (χ4v) is 3.34. The van der Waals surface area contributed by atoms with Gasteiger partial charge in [0.25, 0.3) is 5.69 Å². The van der Waals surface area contributed by atoms with E-state index < -0.39 is 16.9 Å². The topological polar surface area (TPSA) is 92.6 Å². The van der Waals surface area contributed by atoms with Gasteiger partial charge < -0.3 is 10.2 Å². The minimum absolute atomic E-state index is 0.113. The Labute approximate surface area is 178 Å². The van der Waals surface area contributed by atoms with Gasteiger partial charge >= 0.3 is 0 Å². The lowest BCUT2D eigenvalue weighted by molar-refractivity contribution is -0.385. The number of nitrogens with one attached hydrogen (secondary N) is 1. The van der Waals surface area contributed by atoms with Crippen molar-refractivity contribution >= 4 is 40.7 Å². The molecule has 1 N–H and O–H groups in total. The molecular formula is C20H21Cl2N3O4. The molecule has 0 aliphatic carbocycles. The summed E-state index contributed by atoms with van der Waals surface area (Å²) in [4.78, 5) is 37.6. The molecule has 7 nitrogen and oxygen atoms in total. The molecule has 0 unspecified atom stereocenters. The van der Waals surface area contributed by atoms with E-state index in [9.17, 15) is 19.7 Å². The molecule has 0 aromatic heterocycles. The van der Waals surface area contributed by atoms with E-state index in [-0.39, 0.29) is 30.1 Å². The molecule has 0 heterocycles. The van der Waals surface area contributed by atoms with E-state index in [1.54, 1.807) is 37.3 Å². The van der Waals surface area contributed by atoms with Crippen molar-refractivity contribution in [2.45, 2.75) is 32.4 Å². The number of hydrogen-bond donors (Lipinski definition) is 1. The van der Waals surface area contributed by atoms with Crippen LogP contribution in [0.3, 0.4) is 0 Å². The summed E-state index contributed by atoms with van der Waals surface area (Å²) in [5.41, 5.74) is 0.842. The van der Waals surface area contributed by atoms with Crippen molar-refractivity contribution in [2.75, 3.05) is 7.05 Å². The number of nitro benzene ring substituents is 1. The number of amides is 2. The van der Waals surface area contributed by atoms with Crippen LogP contribution in [0.25, 0.3) is 0 Å². The number of nitro groups is 1. The summed E-state index contributed by atoms with van der Waals surface area (Å²) in [6.45, 7) is 1.91. The number of nitrogens with zero attached hydrogens (tertiary/aromatic N) is 2. The fourth-order valence-electron chi connectivity index (χ4n) is 3.02. The Morgan fingerprint density at radius 1 is 1.17 bits per heavy atom. The summed E-state index contributed by atoms with van der Waals surface area (Å²) in [5, 5.41) is 14.5. The standard InChI is InChI=1S/C20H21Cl2N3O4/c1-3-17(20(27)23-2)24(12-13-8-9-15(21)16(22)10-13)19(26)11-14-6-4-5-7-18(14)25(28)29/h4-10,17H,3,11-12H2,1-2H3,(H,23,27)/t17-/m0/s1. The Bertz CT molecular complexity index is 920. The average molecular weight is 438 g/mol. The Morgan fingerprint density at radius 2 is 1.86 bits per heavy atom. The zero-order valence-electron chi connectivity index (χ0n) is 16.0. The second kappa shape index (κ2) is 10.2. The van der Waals surface area contributed by atoms with Crippen molar-refractivity contribution in [1.82, 2.24) is 10.2 Å². The first-order valence-corrected chi connectivity index (χ1v) is 9.71. The van der Waals surface area contributed by atoms with Crippen LogP contribution in [0.2, 0.25) is 10.0 Å². The second-order valence-corrected chi connectivity index (χ2v) is 7.19. The number of benzene rings is 2. The maximum atomic E-state index is 13.1. The highest BCUT2D eigenvalue weighted by Gasteiger charge is 2.29. The summed E-state index contributed by atoms with van der Waals surface area (Å²) in [6.07, 6.45) is 0.176. The molecule has 0 bridgehead atoms. The highest BCUT2D eigenvalue weighted by atomic mass is 35.5. The lowest BCUT2D eigenvalue weighted by Crippen LogP contribution is -2.48.